The topological polar surface area (TPSA) is 61.1 Å². The number of nitriles is 1. The van der Waals surface area contributed by atoms with Gasteiger partial charge in [-0.3, -0.25) is 4.79 Å². The van der Waals surface area contributed by atoms with Gasteiger partial charge in [0.2, 0.25) is 0 Å². The molecule has 128 valence electrons. The van der Waals surface area contributed by atoms with Crippen molar-refractivity contribution in [2.75, 3.05) is 0 Å². The van der Waals surface area contributed by atoms with Gasteiger partial charge in [-0.1, -0.05) is 46.3 Å². The molecule has 6 atom stereocenters. The number of carbonyl (C=O) groups excluding carboxylic acids is 1. The smallest absolute Gasteiger partial charge is 0.153 e. The van der Waals surface area contributed by atoms with Crippen LogP contribution >= 0.6 is 0 Å². The van der Waals surface area contributed by atoms with Crippen LogP contribution < -0.4 is 0 Å². The highest BCUT2D eigenvalue weighted by molar-refractivity contribution is 5.87. The number of rotatable bonds is 0. The van der Waals surface area contributed by atoms with Gasteiger partial charge in [0.1, 0.15) is 5.92 Å². The lowest BCUT2D eigenvalue weighted by molar-refractivity contribution is -0.136. The molecule has 0 spiro atoms. The number of aliphatic hydroxyl groups is 1. The zero-order valence-corrected chi connectivity index (χ0v) is 15.2. The molecule has 0 bridgehead atoms. The molecule has 1 N–H and O–H groups in total. The maximum atomic E-state index is 12.4. The molecule has 0 saturated heterocycles. The molecule has 3 aliphatic carbocycles. The Labute approximate surface area is 140 Å². The second-order valence-electron chi connectivity index (χ2n) is 7.77. The number of hydrogen-bond donors (Lipinski definition) is 1. The molecular weight excluding hydrogens is 286 g/mol. The monoisotopic (exact) mass is 317 g/mol. The van der Waals surface area contributed by atoms with Crippen molar-refractivity contribution in [1.29, 1.82) is 5.26 Å². The lowest BCUT2D eigenvalue weighted by atomic mass is 9.45. The summed E-state index contributed by atoms with van der Waals surface area (Å²) in [5.74, 6) is -0.0822. The highest BCUT2D eigenvalue weighted by Gasteiger charge is 2.58. The Morgan fingerprint density at radius 3 is 2.52 bits per heavy atom. The van der Waals surface area contributed by atoms with Gasteiger partial charge in [0.05, 0.1) is 12.2 Å². The summed E-state index contributed by atoms with van der Waals surface area (Å²) < 4.78 is 0. The summed E-state index contributed by atoms with van der Waals surface area (Å²) in [7, 11) is 0. The summed E-state index contributed by atoms with van der Waals surface area (Å²) in [6, 6.07) is 2.22. The first-order chi connectivity index (χ1) is 10.8. The van der Waals surface area contributed by atoms with Crippen LogP contribution in [0.4, 0.5) is 0 Å². The summed E-state index contributed by atoms with van der Waals surface area (Å²) >= 11 is 0. The Balaban J connectivity index is 0.000000924. The van der Waals surface area contributed by atoms with E-state index in [1.54, 1.807) is 0 Å². The van der Waals surface area contributed by atoms with E-state index in [2.05, 4.69) is 26.0 Å². The lowest BCUT2D eigenvalue weighted by Crippen LogP contribution is -2.55. The van der Waals surface area contributed by atoms with Crippen LogP contribution in [0, 0.1) is 39.9 Å². The number of allylic oxidation sites excluding steroid dienone is 1. The molecule has 0 aromatic carbocycles. The number of carbonyl (C=O) groups is 1. The predicted molar refractivity (Wildman–Crippen MR) is 91.5 cm³/mol. The van der Waals surface area contributed by atoms with E-state index in [1.165, 1.54) is 5.57 Å². The maximum Gasteiger partial charge on any atom is 0.153 e. The van der Waals surface area contributed by atoms with Gasteiger partial charge in [-0.05, 0) is 43.4 Å². The van der Waals surface area contributed by atoms with Crippen molar-refractivity contribution in [3.8, 4) is 6.07 Å². The van der Waals surface area contributed by atoms with E-state index < -0.39 is 5.92 Å². The number of aliphatic hydroxyl groups excluding tert-OH is 1. The van der Waals surface area contributed by atoms with Crippen LogP contribution in [0.15, 0.2) is 11.6 Å². The van der Waals surface area contributed by atoms with E-state index in [9.17, 15) is 15.2 Å². The zero-order chi connectivity index (χ0) is 17.4. The fourth-order valence-corrected chi connectivity index (χ4v) is 5.49. The molecule has 0 aromatic rings. The Hall–Kier alpha value is -1.14. The fourth-order valence-electron chi connectivity index (χ4n) is 5.49. The van der Waals surface area contributed by atoms with E-state index in [-0.39, 0.29) is 28.6 Å². The first-order valence-electron chi connectivity index (χ1n) is 9.17. The van der Waals surface area contributed by atoms with Gasteiger partial charge in [-0.15, -0.1) is 0 Å². The summed E-state index contributed by atoms with van der Waals surface area (Å²) in [5.41, 5.74) is 1.05. The quantitative estimate of drug-likeness (QED) is 0.679. The summed E-state index contributed by atoms with van der Waals surface area (Å²) in [6.07, 6.45) is 6.32. The number of Topliss-reactive ketones (excluding diaryl/α,β-unsaturated/α-hetero) is 1. The number of ketones is 1. The van der Waals surface area contributed by atoms with Gasteiger partial charge >= 0.3 is 0 Å². The molecule has 3 rings (SSSR count). The SMILES string of the molecule is CC.CC1C(=O)C(C#N)C[C@]2(C)C3=CCCC(O)C3(C)CCC12. The van der Waals surface area contributed by atoms with Crippen molar-refractivity contribution < 1.29 is 9.90 Å². The summed E-state index contributed by atoms with van der Waals surface area (Å²) in [4.78, 5) is 12.4. The van der Waals surface area contributed by atoms with Gasteiger partial charge in [0, 0.05) is 11.3 Å². The van der Waals surface area contributed by atoms with Crippen molar-refractivity contribution in [3.05, 3.63) is 11.6 Å². The Morgan fingerprint density at radius 2 is 1.91 bits per heavy atom. The van der Waals surface area contributed by atoms with Crippen molar-refractivity contribution in [2.24, 2.45) is 28.6 Å². The third-order valence-electron chi connectivity index (χ3n) is 6.73. The van der Waals surface area contributed by atoms with Crippen LogP contribution in [0.25, 0.3) is 0 Å². The van der Waals surface area contributed by atoms with Crippen molar-refractivity contribution >= 4 is 5.78 Å². The van der Waals surface area contributed by atoms with Crippen molar-refractivity contribution in [2.45, 2.75) is 72.8 Å². The molecule has 2 saturated carbocycles. The Kier molecular flexibility index (Phi) is 5.06. The van der Waals surface area contributed by atoms with Crippen LogP contribution in [0.5, 0.6) is 0 Å². The third kappa shape index (κ3) is 2.56. The number of nitrogens with zero attached hydrogens (tertiary/aromatic N) is 1. The Morgan fingerprint density at radius 1 is 1.26 bits per heavy atom. The molecule has 0 aromatic heterocycles. The second-order valence-corrected chi connectivity index (χ2v) is 7.77. The van der Waals surface area contributed by atoms with Crippen LogP contribution in [-0.4, -0.2) is 17.0 Å². The van der Waals surface area contributed by atoms with E-state index >= 15 is 0 Å². The standard InChI is InChI=1S/C18H25NO2.C2H6/c1-11-13-7-8-17(2)14(5-4-6-15(17)20)18(13,3)9-12(10-19)16(11)21;1-2/h5,11-13,15,20H,4,6-9H2,1-3H3;1-2H3/t11?,12?,13?,15?,17?,18-;/m0./s1. The first-order valence-corrected chi connectivity index (χ1v) is 9.17. The normalized spacial score (nSPS) is 45.6. The molecule has 23 heavy (non-hydrogen) atoms. The number of fused-ring (bicyclic) bond motifs is 3. The third-order valence-corrected chi connectivity index (χ3v) is 6.73. The second kappa shape index (κ2) is 6.40. The van der Waals surface area contributed by atoms with E-state index in [0.717, 1.165) is 25.7 Å². The summed E-state index contributed by atoms with van der Waals surface area (Å²) in [6.45, 7) is 10.4. The van der Waals surface area contributed by atoms with E-state index in [0.29, 0.717) is 12.3 Å². The molecule has 3 aliphatic rings. The van der Waals surface area contributed by atoms with Gasteiger partial charge in [-0.2, -0.15) is 5.26 Å². The van der Waals surface area contributed by atoms with Crippen LogP contribution in [0.1, 0.15) is 66.7 Å². The molecule has 0 amide bonds. The molecular formula is C20H31NO2. The minimum atomic E-state index is -0.483. The fraction of sp³-hybridized carbons (Fsp3) is 0.800. The molecule has 0 radical (unpaired) electrons. The predicted octanol–water partition coefficient (Wildman–Crippen LogP) is 4.26. The van der Waals surface area contributed by atoms with Crippen molar-refractivity contribution in [3.63, 3.8) is 0 Å². The average Bonchev–Trinajstić information content (AvgIpc) is 2.55. The van der Waals surface area contributed by atoms with Crippen molar-refractivity contribution in [1.82, 2.24) is 0 Å². The Bertz CT molecular complexity index is 546. The first kappa shape index (κ1) is 18.2. The molecule has 3 heteroatoms. The van der Waals surface area contributed by atoms with Gasteiger partial charge in [0.15, 0.2) is 5.78 Å². The average molecular weight is 317 g/mol. The molecule has 2 fully saturated rings. The highest BCUT2D eigenvalue weighted by atomic mass is 16.3. The van der Waals surface area contributed by atoms with Gasteiger partial charge < -0.3 is 5.11 Å². The lowest BCUT2D eigenvalue weighted by Gasteiger charge is -2.59. The molecule has 0 heterocycles. The molecule has 3 nitrogen and oxygen atoms in total. The molecule has 0 aliphatic heterocycles. The number of hydrogen-bond acceptors (Lipinski definition) is 3. The van der Waals surface area contributed by atoms with Crippen LogP contribution in [0.3, 0.4) is 0 Å². The van der Waals surface area contributed by atoms with Crippen LogP contribution in [0.2, 0.25) is 0 Å². The van der Waals surface area contributed by atoms with Crippen LogP contribution in [-0.2, 0) is 4.79 Å². The minimum Gasteiger partial charge on any atom is -0.392 e. The van der Waals surface area contributed by atoms with E-state index in [4.69, 9.17) is 0 Å². The largest absolute Gasteiger partial charge is 0.392 e. The summed E-state index contributed by atoms with van der Waals surface area (Å²) in [5, 5.41) is 19.9. The zero-order valence-electron chi connectivity index (χ0n) is 15.2. The van der Waals surface area contributed by atoms with E-state index in [1.807, 2.05) is 20.8 Å². The van der Waals surface area contributed by atoms with Gasteiger partial charge in [-0.25, -0.2) is 0 Å². The maximum absolute atomic E-state index is 12.4. The van der Waals surface area contributed by atoms with Gasteiger partial charge in [0.25, 0.3) is 0 Å². The highest BCUT2D eigenvalue weighted by Crippen LogP contribution is 2.63. The minimum absolute atomic E-state index is 0.0436. The molecule has 5 unspecified atom stereocenters.